The van der Waals surface area contributed by atoms with Gasteiger partial charge < -0.3 is 4.90 Å². The molecule has 0 radical (unpaired) electrons. The van der Waals surface area contributed by atoms with E-state index in [0.717, 1.165) is 23.2 Å². The fourth-order valence-electron chi connectivity index (χ4n) is 2.94. The van der Waals surface area contributed by atoms with E-state index < -0.39 is 0 Å². The van der Waals surface area contributed by atoms with Gasteiger partial charge in [-0.05, 0) is 53.5 Å². The predicted molar refractivity (Wildman–Crippen MR) is 112 cm³/mol. The molecule has 0 aliphatic heterocycles. The van der Waals surface area contributed by atoms with Gasteiger partial charge in [0.05, 0.1) is 11.4 Å². The van der Waals surface area contributed by atoms with Crippen LogP contribution >= 0.6 is 11.8 Å². The number of benzene rings is 2. The van der Waals surface area contributed by atoms with Crippen molar-refractivity contribution < 1.29 is 4.79 Å². The molecule has 146 valence electrons. The lowest BCUT2D eigenvalue weighted by molar-refractivity contribution is -0.127. The standard InChI is InChI=1S/C21H25N5OS/c1-5-17-7-9-18(10-8-17)13-25(4)20(27)14-28-21-22-23-24-26(21)19-11-6-15(2)12-16(19)3/h6-12H,5,13-14H2,1-4H3. The first-order chi connectivity index (χ1) is 13.5. The van der Waals surface area contributed by atoms with Gasteiger partial charge in [-0.25, -0.2) is 0 Å². The van der Waals surface area contributed by atoms with Crippen molar-refractivity contribution in [2.75, 3.05) is 12.8 Å². The zero-order valence-corrected chi connectivity index (χ0v) is 17.5. The summed E-state index contributed by atoms with van der Waals surface area (Å²) in [5, 5.41) is 12.6. The molecule has 0 fully saturated rings. The largest absolute Gasteiger partial charge is 0.341 e. The van der Waals surface area contributed by atoms with Crippen molar-refractivity contribution >= 4 is 17.7 Å². The Hall–Kier alpha value is -2.67. The number of amides is 1. The second-order valence-electron chi connectivity index (χ2n) is 6.87. The van der Waals surface area contributed by atoms with E-state index in [1.165, 1.54) is 22.9 Å². The molecule has 7 heteroatoms. The molecule has 3 aromatic rings. The fraction of sp³-hybridized carbons (Fsp3) is 0.333. The van der Waals surface area contributed by atoms with Crippen LogP contribution in [0.15, 0.2) is 47.6 Å². The maximum absolute atomic E-state index is 12.6. The van der Waals surface area contributed by atoms with Crippen LogP contribution in [0.3, 0.4) is 0 Å². The van der Waals surface area contributed by atoms with Crippen LogP contribution in [0.1, 0.15) is 29.2 Å². The highest BCUT2D eigenvalue weighted by molar-refractivity contribution is 7.99. The molecule has 0 bridgehead atoms. The molecule has 0 saturated carbocycles. The zero-order chi connectivity index (χ0) is 20.1. The van der Waals surface area contributed by atoms with Crippen molar-refractivity contribution in [1.29, 1.82) is 0 Å². The Labute approximate surface area is 169 Å². The molecule has 28 heavy (non-hydrogen) atoms. The zero-order valence-electron chi connectivity index (χ0n) is 16.7. The Morgan fingerprint density at radius 3 is 2.50 bits per heavy atom. The van der Waals surface area contributed by atoms with E-state index in [0.29, 0.717) is 11.7 Å². The number of hydrogen-bond acceptors (Lipinski definition) is 5. The predicted octanol–water partition coefficient (Wildman–Crippen LogP) is 3.59. The average molecular weight is 396 g/mol. The Kier molecular flexibility index (Phi) is 6.46. The summed E-state index contributed by atoms with van der Waals surface area (Å²) in [5.74, 6) is 0.328. The first-order valence-electron chi connectivity index (χ1n) is 9.28. The van der Waals surface area contributed by atoms with E-state index in [-0.39, 0.29) is 11.7 Å². The van der Waals surface area contributed by atoms with Crippen LogP contribution in [0.2, 0.25) is 0 Å². The first-order valence-corrected chi connectivity index (χ1v) is 10.3. The van der Waals surface area contributed by atoms with Crippen LogP contribution in [0.25, 0.3) is 5.69 Å². The molecule has 6 nitrogen and oxygen atoms in total. The highest BCUT2D eigenvalue weighted by atomic mass is 32.2. The maximum Gasteiger partial charge on any atom is 0.233 e. The number of aromatic nitrogens is 4. The van der Waals surface area contributed by atoms with Gasteiger partial charge in [0, 0.05) is 13.6 Å². The lowest BCUT2D eigenvalue weighted by Crippen LogP contribution is -2.27. The summed E-state index contributed by atoms with van der Waals surface area (Å²) in [6.45, 7) is 6.80. The molecule has 1 heterocycles. The van der Waals surface area contributed by atoms with Gasteiger partial charge >= 0.3 is 0 Å². The van der Waals surface area contributed by atoms with Gasteiger partial charge in [-0.3, -0.25) is 4.79 Å². The Morgan fingerprint density at radius 1 is 1.11 bits per heavy atom. The molecular formula is C21H25N5OS. The summed E-state index contributed by atoms with van der Waals surface area (Å²) in [5.41, 5.74) is 5.63. The number of hydrogen-bond donors (Lipinski definition) is 0. The van der Waals surface area contributed by atoms with E-state index in [9.17, 15) is 4.79 Å². The quantitative estimate of drug-likeness (QED) is 0.572. The minimum Gasteiger partial charge on any atom is -0.341 e. The van der Waals surface area contributed by atoms with E-state index in [1.54, 1.807) is 9.58 Å². The van der Waals surface area contributed by atoms with Gasteiger partial charge in [-0.2, -0.15) is 4.68 Å². The third-order valence-electron chi connectivity index (χ3n) is 4.62. The molecule has 0 spiro atoms. The molecule has 1 amide bonds. The number of rotatable bonds is 7. The van der Waals surface area contributed by atoms with Crippen LogP contribution in [-0.2, 0) is 17.8 Å². The van der Waals surface area contributed by atoms with E-state index in [4.69, 9.17) is 0 Å². The molecule has 0 aliphatic carbocycles. The third kappa shape index (κ3) is 4.78. The van der Waals surface area contributed by atoms with Crippen LogP contribution in [0.5, 0.6) is 0 Å². The fourth-order valence-corrected chi connectivity index (χ4v) is 3.77. The molecular weight excluding hydrogens is 370 g/mol. The van der Waals surface area contributed by atoms with E-state index >= 15 is 0 Å². The van der Waals surface area contributed by atoms with Crippen molar-refractivity contribution in [3.63, 3.8) is 0 Å². The number of nitrogens with zero attached hydrogens (tertiary/aromatic N) is 5. The van der Waals surface area contributed by atoms with Gasteiger partial charge in [0.15, 0.2) is 0 Å². The molecule has 3 rings (SSSR count). The van der Waals surface area contributed by atoms with Crippen molar-refractivity contribution in [1.82, 2.24) is 25.1 Å². The summed E-state index contributed by atoms with van der Waals surface area (Å²) < 4.78 is 1.69. The van der Waals surface area contributed by atoms with Gasteiger partial charge in [-0.1, -0.05) is 60.6 Å². The summed E-state index contributed by atoms with van der Waals surface area (Å²) in [4.78, 5) is 14.3. The van der Waals surface area contributed by atoms with Crippen LogP contribution in [0, 0.1) is 13.8 Å². The minimum absolute atomic E-state index is 0.0414. The number of aryl methyl sites for hydroxylation is 3. The second kappa shape index (κ2) is 9.01. The third-order valence-corrected chi connectivity index (χ3v) is 5.53. The number of thioether (sulfide) groups is 1. The maximum atomic E-state index is 12.6. The SMILES string of the molecule is CCc1ccc(CN(C)C(=O)CSc2nnnn2-c2ccc(C)cc2C)cc1. The summed E-state index contributed by atoms with van der Waals surface area (Å²) in [6.07, 6.45) is 1.01. The summed E-state index contributed by atoms with van der Waals surface area (Å²) in [6, 6.07) is 14.5. The lowest BCUT2D eigenvalue weighted by Gasteiger charge is -2.17. The van der Waals surface area contributed by atoms with Gasteiger partial charge in [-0.15, -0.1) is 5.10 Å². The number of tetrazole rings is 1. The Bertz CT molecular complexity index is 952. The van der Waals surface area contributed by atoms with Crippen molar-refractivity contribution in [2.45, 2.75) is 38.9 Å². The molecule has 2 aromatic carbocycles. The van der Waals surface area contributed by atoms with E-state index in [2.05, 4.69) is 59.7 Å². The van der Waals surface area contributed by atoms with Gasteiger partial charge in [0.1, 0.15) is 0 Å². The van der Waals surface area contributed by atoms with Crippen molar-refractivity contribution in [2.24, 2.45) is 0 Å². The summed E-state index contributed by atoms with van der Waals surface area (Å²) >= 11 is 1.35. The van der Waals surface area contributed by atoms with Crippen LogP contribution < -0.4 is 0 Å². The monoisotopic (exact) mass is 395 g/mol. The van der Waals surface area contributed by atoms with Crippen molar-refractivity contribution in [3.8, 4) is 5.69 Å². The summed E-state index contributed by atoms with van der Waals surface area (Å²) in [7, 11) is 1.82. The van der Waals surface area contributed by atoms with Crippen LogP contribution in [0.4, 0.5) is 0 Å². The second-order valence-corrected chi connectivity index (χ2v) is 7.81. The van der Waals surface area contributed by atoms with Crippen LogP contribution in [-0.4, -0.2) is 43.8 Å². The minimum atomic E-state index is 0.0414. The molecule has 0 atom stereocenters. The first kappa shape index (κ1) is 20.1. The van der Waals surface area contributed by atoms with E-state index in [1.807, 2.05) is 26.1 Å². The normalized spacial score (nSPS) is 10.9. The van der Waals surface area contributed by atoms with Gasteiger partial charge in [0.2, 0.25) is 11.1 Å². The van der Waals surface area contributed by atoms with Crippen molar-refractivity contribution in [3.05, 3.63) is 64.7 Å². The Balaban J connectivity index is 1.62. The molecule has 0 aliphatic rings. The number of carbonyl (C=O) groups excluding carboxylic acids is 1. The Morgan fingerprint density at radius 2 is 1.82 bits per heavy atom. The highest BCUT2D eigenvalue weighted by Gasteiger charge is 2.15. The lowest BCUT2D eigenvalue weighted by atomic mass is 10.1. The molecule has 0 N–H and O–H groups in total. The molecule has 0 saturated heterocycles. The topological polar surface area (TPSA) is 63.9 Å². The van der Waals surface area contributed by atoms with Gasteiger partial charge in [0.25, 0.3) is 0 Å². The molecule has 1 aromatic heterocycles. The highest BCUT2D eigenvalue weighted by Crippen LogP contribution is 2.21. The smallest absolute Gasteiger partial charge is 0.233 e. The average Bonchev–Trinajstić information content (AvgIpc) is 3.15. The molecule has 0 unspecified atom stereocenters. The number of carbonyl (C=O) groups is 1.